The lowest BCUT2D eigenvalue weighted by Gasteiger charge is -2.25. The number of para-hydroxylation sites is 2. The van der Waals surface area contributed by atoms with E-state index < -0.39 is 6.10 Å². The minimum Gasteiger partial charge on any atom is -0.481 e. The number of rotatable bonds is 3. The first-order valence-electron chi connectivity index (χ1n) is 9.24. The van der Waals surface area contributed by atoms with Crippen LogP contribution in [0.4, 0.5) is 16.0 Å². The molecule has 0 unspecified atom stereocenters. The number of carbonyl (C=O) groups is 1. The Labute approximate surface area is 162 Å². The van der Waals surface area contributed by atoms with Crippen molar-refractivity contribution in [2.24, 2.45) is 0 Å². The van der Waals surface area contributed by atoms with Crippen molar-refractivity contribution < 1.29 is 13.9 Å². The van der Waals surface area contributed by atoms with Crippen LogP contribution >= 0.6 is 0 Å². The molecule has 0 N–H and O–H groups in total. The van der Waals surface area contributed by atoms with Crippen LogP contribution in [-0.4, -0.2) is 42.1 Å². The Morgan fingerprint density at radius 3 is 2.36 bits per heavy atom. The summed E-state index contributed by atoms with van der Waals surface area (Å²) in [5.74, 6) is 1.11. The number of anilines is 2. The molecule has 2 heterocycles. The monoisotopic (exact) mass is 380 g/mol. The molecule has 0 radical (unpaired) electrons. The number of aromatic nitrogens is 2. The summed E-state index contributed by atoms with van der Waals surface area (Å²) in [6.45, 7) is 2.99. The molecule has 1 aromatic heterocycles. The first-order valence-corrected chi connectivity index (χ1v) is 9.24. The molecule has 144 valence electrons. The number of hydrogen-bond donors (Lipinski definition) is 0. The third kappa shape index (κ3) is 3.47. The molecule has 0 bridgehead atoms. The molecule has 2 aromatic carbocycles. The largest absolute Gasteiger partial charge is 0.481 e. The third-order valence-corrected chi connectivity index (χ3v) is 4.77. The predicted octanol–water partition coefficient (Wildman–Crippen LogP) is 3.41. The van der Waals surface area contributed by atoms with Gasteiger partial charge in [0.15, 0.2) is 17.7 Å². The van der Waals surface area contributed by atoms with Crippen molar-refractivity contribution in [2.75, 3.05) is 29.9 Å². The molecular weight excluding hydrogens is 359 g/mol. The normalized spacial score (nSPS) is 15.1. The van der Waals surface area contributed by atoms with Crippen LogP contribution in [0.2, 0.25) is 0 Å². The molecule has 0 aliphatic carbocycles. The molecule has 4 rings (SSSR count). The SMILES string of the molecule is C[C@@H](Oc1ccc(F)cc1)C(=O)N1CCCN(C)c2nc3ccccc3nc21. The summed E-state index contributed by atoms with van der Waals surface area (Å²) in [5.41, 5.74) is 1.53. The highest BCUT2D eigenvalue weighted by Gasteiger charge is 2.30. The first-order chi connectivity index (χ1) is 13.5. The van der Waals surface area contributed by atoms with Gasteiger partial charge < -0.3 is 9.64 Å². The summed E-state index contributed by atoms with van der Waals surface area (Å²) in [7, 11) is 1.95. The average molecular weight is 380 g/mol. The highest BCUT2D eigenvalue weighted by molar-refractivity contribution is 5.99. The fourth-order valence-electron chi connectivity index (χ4n) is 3.30. The van der Waals surface area contributed by atoms with Crippen molar-refractivity contribution in [3.8, 4) is 5.75 Å². The van der Waals surface area contributed by atoms with Crippen molar-refractivity contribution in [1.29, 1.82) is 0 Å². The Bertz CT molecular complexity index is 1010. The van der Waals surface area contributed by atoms with Crippen molar-refractivity contribution in [2.45, 2.75) is 19.4 Å². The van der Waals surface area contributed by atoms with E-state index in [1.807, 2.05) is 36.2 Å². The highest BCUT2D eigenvalue weighted by Crippen LogP contribution is 2.30. The van der Waals surface area contributed by atoms with Gasteiger partial charge in [-0.3, -0.25) is 9.69 Å². The second kappa shape index (κ2) is 7.42. The van der Waals surface area contributed by atoms with Crippen LogP contribution in [0.15, 0.2) is 48.5 Å². The lowest BCUT2D eigenvalue weighted by Crippen LogP contribution is -2.41. The molecule has 1 atom stereocenters. The Morgan fingerprint density at radius 1 is 1.04 bits per heavy atom. The van der Waals surface area contributed by atoms with E-state index in [1.54, 1.807) is 11.8 Å². The van der Waals surface area contributed by atoms with Crippen LogP contribution in [0.1, 0.15) is 13.3 Å². The number of nitrogens with zero attached hydrogens (tertiary/aromatic N) is 4. The zero-order valence-electron chi connectivity index (χ0n) is 15.8. The smallest absolute Gasteiger partial charge is 0.269 e. The molecule has 1 aliphatic heterocycles. The molecule has 7 heteroatoms. The average Bonchev–Trinajstić information content (AvgIpc) is 2.86. The Hall–Kier alpha value is -3.22. The molecule has 0 saturated carbocycles. The quantitative estimate of drug-likeness (QED) is 0.697. The molecule has 0 fully saturated rings. The van der Waals surface area contributed by atoms with E-state index in [0.29, 0.717) is 23.9 Å². The minimum atomic E-state index is -0.741. The maximum Gasteiger partial charge on any atom is 0.269 e. The van der Waals surface area contributed by atoms with Gasteiger partial charge in [0.1, 0.15) is 11.6 Å². The minimum absolute atomic E-state index is 0.203. The Morgan fingerprint density at radius 2 is 1.68 bits per heavy atom. The van der Waals surface area contributed by atoms with Crippen LogP contribution in [0.25, 0.3) is 11.0 Å². The van der Waals surface area contributed by atoms with Gasteiger partial charge in [-0.05, 0) is 49.7 Å². The van der Waals surface area contributed by atoms with E-state index in [0.717, 1.165) is 24.0 Å². The maximum atomic E-state index is 13.2. The van der Waals surface area contributed by atoms with Crippen LogP contribution in [0.3, 0.4) is 0 Å². The van der Waals surface area contributed by atoms with Gasteiger partial charge >= 0.3 is 0 Å². The van der Waals surface area contributed by atoms with Crippen LogP contribution in [0, 0.1) is 5.82 Å². The van der Waals surface area contributed by atoms with Gasteiger partial charge in [-0.1, -0.05) is 12.1 Å². The lowest BCUT2D eigenvalue weighted by molar-refractivity contribution is -0.124. The summed E-state index contributed by atoms with van der Waals surface area (Å²) < 4.78 is 18.8. The number of carbonyl (C=O) groups excluding carboxylic acids is 1. The Kier molecular flexibility index (Phi) is 4.81. The van der Waals surface area contributed by atoms with Gasteiger partial charge in [-0.25, -0.2) is 14.4 Å². The highest BCUT2D eigenvalue weighted by atomic mass is 19.1. The van der Waals surface area contributed by atoms with Gasteiger partial charge in [-0.15, -0.1) is 0 Å². The van der Waals surface area contributed by atoms with Crippen LogP contribution < -0.4 is 14.5 Å². The molecule has 1 amide bonds. The zero-order valence-corrected chi connectivity index (χ0v) is 15.8. The molecule has 0 saturated heterocycles. The van der Waals surface area contributed by atoms with Gasteiger partial charge in [0, 0.05) is 20.1 Å². The lowest BCUT2D eigenvalue weighted by atomic mass is 10.2. The molecular formula is C21H21FN4O2. The van der Waals surface area contributed by atoms with E-state index in [1.165, 1.54) is 24.3 Å². The van der Waals surface area contributed by atoms with Crippen molar-refractivity contribution in [3.05, 3.63) is 54.3 Å². The summed E-state index contributed by atoms with van der Waals surface area (Å²) in [6.07, 6.45) is 0.0508. The van der Waals surface area contributed by atoms with Crippen LogP contribution in [-0.2, 0) is 4.79 Å². The third-order valence-electron chi connectivity index (χ3n) is 4.77. The van der Waals surface area contributed by atoms with E-state index in [9.17, 15) is 9.18 Å². The standard InChI is InChI=1S/C21H21FN4O2/c1-14(28-16-10-8-15(22)9-11-16)21(27)26-13-5-12-25(2)19-20(26)24-18-7-4-3-6-17(18)23-19/h3-4,6-11,14H,5,12-13H2,1-2H3/t14-/m1/s1. The molecule has 0 spiro atoms. The zero-order chi connectivity index (χ0) is 19.7. The second-order valence-corrected chi connectivity index (χ2v) is 6.84. The predicted molar refractivity (Wildman–Crippen MR) is 106 cm³/mol. The van der Waals surface area contributed by atoms with Gasteiger partial charge in [0.05, 0.1) is 11.0 Å². The molecule has 1 aliphatic rings. The maximum absolute atomic E-state index is 13.2. The number of benzene rings is 2. The van der Waals surface area contributed by atoms with Crippen LogP contribution in [0.5, 0.6) is 5.75 Å². The fourth-order valence-corrected chi connectivity index (χ4v) is 3.30. The second-order valence-electron chi connectivity index (χ2n) is 6.84. The number of amides is 1. The molecule has 6 nitrogen and oxygen atoms in total. The van der Waals surface area contributed by atoms with E-state index >= 15 is 0 Å². The van der Waals surface area contributed by atoms with Gasteiger partial charge in [0.2, 0.25) is 0 Å². The Balaban J connectivity index is 1.67. The number of fused-ring (bicyclic) bond motifs is 2. The number of halogens is 1. The van der Waals surface area contributed by atoms with Gasteiger partial charge in [-0.2, -0.15) is 0 Å². The molecule has 3 aromatic rings. The van der Waals surface area contributed by atoms with Crippen molar-refractivity contribution in [3.63, 3.8) is 0 Å². The summed E-state index contributed by atoms with van der Waals surface area (Å²) in [6, 6.07) is 13.2. The molecule has 28 heavy (non-hydrogen) atoms. The van der Waals surface area contributed by atoms with Crippen molar-refractivity contribution in [1.82, 2.24) is 9.97 Å². The number of hydrogen-bond acceptors (Lipinski definition) is 5. The summed E-state index contributed by atoms with van der Waals surface area (Å²) >= 11 is 0. The van der Waals surface area contributed by atoms with E-state index in [4.69, 9.17) is 14.7 Å². The summed E-state index contributed by atoms with van der Waals surface area (Å²) in [5, 5.41) is 0. The van der Waals surface area contributed by atoms with E-state index in [2.05, 4.69) is 0 Å². The fraction of sp³-hybridized carbons (Fsp3) is 0.286. The number of ether oxygens (including phenoxy) is 1. The summed E-state index contributed by atoms with van der Waals surface area (Å²) in [4.78, 5) is 26.3. The topological polar surface area (TPSA) is 58.6 Å². The first kappa shape index (κ1) is 18.2. The van der Waals surface area contributed by atoms with Crippen molar-refractivity contribution >= 4 is 28.6 Å². The van der Waals surface area contributed by atoms with E-state index in [-0.39, 0.29) is 11.7 Å². The van der Waals surface area contributed by atoms with Gasteiger partial charge in [0.25, 0.3) is 5.91 Å².